The van der Waals surface area contributed by atoms with Crippen LogP contribution in [0.3, 0.4) is 0 Å². The predicted octanol–water partition coefficient (Wildman–Crippen LogP) is 1.95. The van der Waals surface area contributed by atoms with Crippen LogP contribution in [0.25, 0.3) is 11.3 Å². The highest BCUT2D eigenvalue weighted by Crippen LogP contribution is 2.16. The molecule has 0 fully saturated rings. The van der Waals surface area contributed by atoms with Gasteiger partial charge in [0.2, 0.25) is 5.91 Å². The molecule has 1 heterocycles. The number of aromatic amines is 1. The highest BCUT2D eigenvalue weighted by atomic mass is 16.4. The number of carbonyl (C=O) groups is 2. The summed E-state index contributed by atoms with van der Waals surface area (Å²) in [5, 5.41) is 18.1. The number of benzene rings is 1. The van der Waals surface area contributed by atoms with Gasteiger partial charge in [0.15, 0.2) is 0 Å². The molecule has 0 atom stereocenters. The number of aliphatic carboxylic acids is 1. The van der Waals surface area contributed by atoms with E-state index < -0.39 is 5.97 Å². The summed E-state index contributed by atoms with van der Waals surface area (Å²) in [7, 11) is 0. The zero-order valence-electron chi connectivity index (χ0n) is 11.5. The minimum Gasteiger partial charge on any atom is -0.481 e. The van der Waals surface area contributed by atoms with Crippen molar-refractivity contribution in [3.8, 4) is 11.3 Å². The summed E-state index contributed by atoms with van der Waals surface area (Å²) in [4.78, 5) is 21.9. The first-order chi connectivity index (χ1) is 10.1. The molecule has 0 aliphatic carbocycles. The third kappa shape index (κ3) is 4.76. The zero-order chi connectivity index (χ0) is 15.1. The molecule has 110 valence electrons. The van der Waals surface area contributed by atoms with Gasteiger partial charge >= 0.3 is 5.97 Å². The number of H-pyrrole nitrogens is 1. The molecule has 0 saturated carbocycles. The summed E-state index contributed by atoms with van der Waals surface area (Å²) in [5.74, 6) is -1.01. The standard InChI is InChI=1S/C15H17N3O3/c19-14(2-1-3-15(20)21)16-10-11-4-6-12(7-5-11)13-8-9-17-18-13/h4-9H,1-3,10H2,(H,16,19)(H,17,18)(H,20,21). The van der Waals surface area contributed by atoms with Crippen molar-refractivity contribution >= 4 is 11.9 Å². The van der Waals surface area contributed by atoms with E-state index in [4.69, 9.17) is 5.11 Å². The summed E-state index contributed by atoms with van der Waals surface area (Å²) in [6.45, 7) is 0.440. The minimum atomic E-state index is -0.878. The van der Waals surface area contributed by atoms with Gasteiger partial charge in [-0.1, -0.05) is 24.3 Å². The maximum absolute atomic E-state index is 11.5. The number of hydrogen-bond donors (Lipinski definition) is 3. The Kier molecular flexibility index (Phi) is 5.09. The van der Waals surface area contributed by atoms with Crippen LogP contribution in [0.2, 0.25) is 0 Å². The summed E-state index contributed by atoms with van der Waals surface area (Å²) >= 11 is 0. The van der Waals surface area contributed by atoms with Crippen molar-refractivity contribution in [2.24, 2.45) is 0 Å². The van der Waals surface area contributed by atoms with Gasteiger partial charge in [0.05, 0.1) is 5.69 Å². The maximum Gasteiger partial charge on any atom is 0.303 e. The third-order valence-corrected chi connectivity index (χ3v) is 3.05. The van der Waals surface area contributed by atoms with E-state index in [-0.39, 0.29) is 18.7 Å². The first-order valence-electron chi connectivity index (χ1n) is 6.72. The molecule has 0 bridgehead atoms. The molecule has 6 nitrogen and oxygen atoms in total. The van der Waals surface area contributed by atoms with Crippen molar-refractivity contribution < 1.29 is 14.7 Å². The van der Waals surface area contributed by atoms with Crippen LogP contribution in [-0.4, -0.2) is 27.2 Å². The molecule has 1 amide bonds. The molecule has 2 rings (SSSR count). The summed E-state index contributed by atoms with van der Waals surface area (Å²) in [6, 6.07) is 9.68. The second-order valence-corrected chi connectivity index (χ2v) is 4.69. The maximum atomic E-state index is 11.5. The monoisotopic (exact) mass is 287 g/mol. The molecular formula is C15H17N3O3. The molecule has 0 saturated heterocycles. The number of carboxylic acids is 1. The number of rotatable bonds is 7. The van der Waals surface area contributed by atoms with Crippen LogP contribution in [0.4, 0.5) is 0 Å². The van der Waals surface area contributed by atoms with Gasteiger partial charge in [-0.15, -0.1) is 0 Å². The molecule has 6 heteroatoms. The van der Waals surface area contributed by atoms with Crippen molar-refractivity contribution in [2.45, 2.75) is 25.8 Å². The summed E-state index contributed by atoms with van der Waals surface area (Å²) < 4.78 is 0. The van der Waals surface area contributed by atoms with Crippen LogP contribution >= 0.6 is 0 Å². The zero-order valence-corrected chi connectivity index (χ0v) is 11.5. The Morgan fingerprint density at radius 1 is 1.14 bits per heavy atom. The van der Waals surface area contributed by atoms with Crippen LogP contribution in [0, 0.1) is 0 Å². The van der Waals surface area contributed by atoms with Crippen molar-refractivity contribution in [1.82, 2.24) is 15.5 Å². The van der Waals surface area contributed by atoms with Gasteiger partial charge in [0.25, 0.3) is 0 Å². The number of carboxylic acid groups (broad SMARTS) is 1. The minimum absolute atomic E-state index is 0.0201. The van der Waals surface area contributed by atoms with Crippen LogP contribution in [0.5, 0.6) is 0 Å². The van der Waals surface area contributed by atoms with Gasteiger partial charge in [-0.25, -0.2) is 0 Å². The van der Waals surface area contributed by atoms with Gasteiger partial charge in [-0.05, 0) is 23.6 Å². The largest absolute Gasteiger partial charge is 0.481 e. The summed E-state index contributed by atoms with van der Waals surface area (Å²) in [6.07, 6.45) is 2.31. The second-order valence-electron chi connectivity index (χ2n) is 4.69. The topological polar surface area (TPSA) is 95.1 Å². The lowest BCUT2D eigenvalue weighted by Gasteiger charge is -2.06. The molecule has 0 unspecified atom stereocenters. The Bertz CT molecular complexity index is 591. The third-order valence-electron chi connectivity index (χ3n) is 3.05. The van der Waals surface area contributed by atoms with Crippen molar-refractivity contribution in [2.75, 3.05) is 0 Å². The fourth-order valence-corrected chi connectivity index (χ4v) is 1.91. The number of nitrogens with one attached hydrogen (secondary N) is 2. The smallest absolute Gasteiger partial charge is 0.303 e. The van der Waals surface area contributed by atoms with Gasteiger partial charge in [0, 0.05) is 25.6 Å². The Hall–Kier alpha value is -2.63. The number of carbonyl (C=O) groups excluding carboxylic acids is 1. The Morgan fingerprint density at radius 2 is 1.90 bits per heavy atom. The van der Waals surface area contributed by atoms with E-state index in [1.54, 1.807) is 6.20 Å². The van der Waals surface area contributed by atoms with E-state index in [1.165, 1.54) is 0 Å². The lowest BCUT2D eigenvalue weighted by Crippen LogP contribution is -2.22. The molecule has 0 aliphatic heterocycles. The lowest BCUT2D eigenvalue weighted by molar-refractivity contribution is -0.137. The van der Waals surface area contributed by atoms with Crippen molar-refractivity contribution in [1.29, 1.82) is 0 Å². The van der Waals surface area contributed by atoms with E-state index in [1.807, 2.05) is 30.3 Å². The van der Waals surface area contributed by atoms with Gasteiger partial charge in [-0.2, -0.15) is 5.10 Å². The normalized spacial score (nSPS) is 10.3. The van der Waals surface area contributed by atoms with E-state index in [0.29, 0.717) is 13.0 Å². The Balaban J connectivity index is 1.78. The van der Waals surface area contributed by atoms with Crippen LogP contribution in [-0.2, 0) is 16.1 Å². The molecular weight excluding hydrogens is 270 g/mol. The molecule has 0 spiro atoms. The number of amides is 1. The summed E-state index contributed by atoms with van der Waals surface area (Å²) in [5.41, 5.74) is 2.97. The number of hydrogen-bond acceptors (Lipinski definition) is 3. The highest BCUT2D eigenvalue weighted by molar-refractivity contribution is 5.76. The highest BCUT2D eigenvalue weighted by Gasteiger charge is 2.04. The average Bonchev–Trinajstić information content (AvgIpc) is 2.99. The van der Waals surface area contributed by atoms with E-state index in [2.05, 4.69) is 15.5 Å². The lowest BCUT2D eigenvalue weighted by atomic mass is 10.1. The SMILES string of the molecule is O=C(O)CCCC(=O)NCc1ccc(-c2ccn[nH]2)cc1. The van der Waals surface area contributed by atoms with Crippen molar-refractivity contribution in [3.05, 3.63) is 42.1 Å². The second kappa shape index (κ2) is 7.23. The molecule has 0 aliphatic rings. The first kappa shape index (κ1) is 14.8. The van der Waals surface area contributed by atoms with Crippen LogP contribution in [0.1, 0.15) is 24.8 Å². The molecule has 0 radical (unpaired) electrons. The van der Waals surface area contributed by atoms with E-state index >= 15 is 0 Å². The number of nitrogens with zero attached hydrogens (tertiary/aromatic N) is 1. The molecule has 2 aromatic rings. The van der Waals surface area contributed by atoms with E-state index in [0.717, 1.165) is 16.8 Å². The van der Waals surface area contributed by atoms with Gasteiger partial charge < -0.3 is 10.4 Å². The van der Waals surface area contributed by atoms with Crippen LogP contribution < -0.4 is 5.32 Å². The predicted molar refractivity (Wildman–Crippen MR) is 77.4 cm³/mol. The quantitative estimate of drug-likeness (QED) is 0.725. The fraction of sp³-hybridized carbons (Fsp3) is 0.267. The molecule has 21 heavy (non-hydrogen) atoms. The number of aromatic nitrogens is 2. The van der Waals surface area contributed by atoms with Gasteiger partial charge in [0.1, 0.15) is 0 Å². The van der Waals surface area contributed by atoms with E-state index in [9.17, 15) is 9.59 Å². The first-order valence-corrected chi connectivity index (χ1v) is 6.72. The van der Waals surface area contributed by atoms with Gasteiger partial charge in [-0.3, -0.25) is 14.7 Å². The van der Waals surface area contributed by atoms with Crippen LogP contribution in [0.15, 0.2) is 36.5 Å². The fourth-order valence-electron chi connectivity index (χ4n) is 1.91. The molecule has 1 aromatic heterocycles. The Labute approximate surface area is 122 Å². The van der Waals surface area contributed by atoms with Crippen molar-refractivity contribution in [3.63, 3.8) is 0 Å². The Morgan fingerprint density at radius 3 is 2.52 bits per heavy atom. The molecule has 1 aromatic carbocycles. The molecule has 3 N–H and O–H groups in total. The average molecular weight is 287 g/mol.